The summed E-state index contributed by atoms with van der Waals surface area (Å²) in [5.41, 5.74) is 0.759. The zero-order valence-corrected chi connectivity index (χ0v) is 13.2. The van der Waals surface area contributed by atoms with Crippen molar-refractivity contribution in [3.05, 3.63) is 52.1 Å². The van der Waals surface area contributed by atoms with E-state index in [-0.39, 0.29) is 46.6 Å². The third kappa shape index (κ3) is 1.78. The molecule has 1 saturated heterocycles. The molecule has 2 saturated carbocycles. The van der Waals surface area contributed by atoms with E-state index in [0.29, 0.717) is 5.56 Å². The lowest BCUT2D eigenvalue weighted by Crippen LogP contribution is -2.30. The molecule has 4 aliphatic rings. The zero-order valence-electron chi connectivity index (χ0n) is 13.2. The Morgan fingerprint density at radius 1 is 1.08 bits per heavy atom. The standard InChI is InChI=1S/C18H15N3O4/c22-16-14-12-5-6-13(18(12)7-8-18)15(14)17(23)20(16)19-9-10-1-3-11(4-2-10)21(24)25/h1-6,9,12-15H,7-8H2/b19-9+. The number of rotatable bonds is 3. The summed E-state index contributed by atoms with van der Waals surface area (Å²) in [7, 11) is 0. The second-order valence-corrected chi connectivity index (χ2v) is 7.30. The van der Waals surface area contributed by atoms with E-state index in [2.05, 4.69) is 17.3 Å². The summed E-state index contributed by atoms with van der Waals surface area (Å²) < 4.78 is 0. The summed E-state index contributed by atoms with van der Waals surface area (Å²) in [6.45, 7) is 0. The van der Waals surface area contributed by atoms with E-state index in [1.807, 2.05) is 0 Å². The lowest BCUT2D eigenvalue weighted by atomic mass is 9.85. The second-order valence-electron chi connectivity index (χ2n) is 7.30. The van der Waals surface area contributed by atoms with E-state index < -0.39 is 4.92 Å². The number of hydrogen-bond donors (Lipinski definition) is 0. The van der Waals surface area contributed by atoms with Crippen LogP contribution in [0.5, 0.6) is 0 Å². The van der Waals surface area contributed by atoms with Gasteiger partial charge in [-0.1, -0.05) is 12.2 Å². The lowest BCUT2D eigenvalue weighted by Gasteiger charge is -2.18. The van der Waals surface area contributed by atoms with E-state index in [0.717, 1.165) is 17.9 Å². The highest BCUT2D eigenvalue weighted by atomic mass is 16.6. The first-order valence-electron chi connectivity index (χ1n) is 8.37. The van der Waals surface area contributed by atoms with E-state index in [4.69, 9.17) is 0 Å². The van der Waals surface area contributed by atoms with Gasteiger partial charge in [-0.15, -0.1) is 0 Å². The van der Waals surface area contributed by atoms with Gasteiger partial charge in [0, 0.05) is 12.1 Å². The Labute approximate surface area is 143 Å². The molecule has 1 aromatic carbocycles. The van der Waals surface area contributed by atoms with Crippen LogP contribution in [0.2, 0.25) is 0 Å². The van der Waals surface area contributed by atoms with Crippen LogP contribution in [0.25, 0.3) is 0 Å². The summed E-state index contributed by atoms with van der Waals surface area (Å²) in [5.74, 6) is -0.595. The predicted molar refractivity (Wildman–Crippen MR) is 87.3 cm³/mol. The fourth-order valence-electron chi connectivity index (χ4n) is 4.98. The van der Waals surface area contributed by atoms with E-state index in [9.17, 15) is 19.7 Å². The number of nitrogens with zero attached hydrogens (tertiary/aromatic N) is 3. The van der Waals surface area contributed by atoms with E-state index in [1.165, 1.54) is 30.5 Å². The molecule has 3 aliphatic carbocycles. The van der Waals surface area contributed by atoms with Crippen LogP contribution >= 0.6 is 0 Å². The molecule has 7 heteroatoms. The first-order chi connectivity index (χ1) is 12.0. The largest absolute Gasteiger partial charge is 0.272 e. The Morgan fingerprint density at radius 2 is 1.64 bits per heavy atom. The topological polar surface area (TPSA) is 92.9 Å². The summed E-state index contributed by atoms with van der Waals surface area (Å²) in [5, 5.41) is 15.8. The first kappa shape index (κ1) is 14.5. The molecule has 2 bridgehead atoms. The molecule has 4 unspecified atom stereocenters. The van der Waals surface area contributed by atoms with Crippen LogP contribution in [0.3, 0.4) is 0 Å². The minimum absolute atomic E-state index is 0.0163. The number of nitro groups is 1. The SMILES string of the molecule is O=C1C2C(C(=O)N1/N=C/c1ccc([N+](=O)[O-])cc1)C1C=CC2C12CC2. The van der Waals surface area contributed by atoms with Crippen molar-refractivity contribution in [2.45, 2.75) is 12.8 Å². The van der Waals surface area contributed by atoms with Crippen molar-refractivity contribution >= 4 is 23.7 Å². The number of carbonyl (C=O) groups excluding carboxylic acids is 2. The number of carbonyl (C=O) groups is 2. The first-order valence-corrected chi connectivity index (χ1v) is 8.37. The normalized spacial score (nSPS) is 33.7. The quantitative estimate of drug-likeness (QED) is 0.278. The highest BCUT2D eigenvalue weighted by Crippen LogP contribution is 2.73. The third-order valence-electron chi connectivity index (χ3n) is 6.26. The zero-order chi connectivity index (χ0) is 17.3. The molecule has 1 spiro atoms. The molecular formula is C18H15N3O4. The van der Waals surface area contributed by atoms with Gasteiger partial charge in [0.05, 0.1) is 23.0 Å². The molecule has 4 atom stereocenters. The Balaban J connectivity index is 1.39. The van der Waals surface area contributed by atoms with Crippen LogP contribution in [0, 0.1) is 39.2 Å². The van der Waals surface area contributed by atoms with Crippen LogP contribution < -0.4 is 0 Å². The Bertz CT molecular complexity index is 835. The Kier molecular flexibility index (Phi) is 2.68. The van der Waals surface area contributed by atoms with Crippen molar-refractivity contribution in [2.75, 3.05) is 0 Å². The van der Waals surface area contributed by atoms with E-state index in [1.54, 1.807) is 0 Å². The average Bonchev–Trinajstić information content (AvgIpc) is 3.20. The van der Waals surface area contributed by atoms with Crippen LogP contribution in [0.1, 0.15) is 18.4 Å². The number of nitro benzene ring substituents is 1. The minimum Gasteiger partial charge on any atom is -0.272 e. The van der Waals surface area contributed by atoms with Crippen molar-refractivity contribution in [1.29, 1.82) is 0 Å². The molecule has 126 valence electrons. The molecular weight excluding hydrogens is 322 g/mol. The van der Waals surface area contributed by atoms with Gasteiger partial charge in [-0.3, -0.25) is 19.7 Å². The molecule has 1 aliphatic heterocycles. The van der Waals surface area contributed by atoms with Crippen LogP contribution in [0.4, 0.5) is 5.69 Å². The van der Waals surface area contributed by atoms with Crippen molar-refractivity contribution in [3.63, 3.8) is 0 Å². The Morgan fingerprint density at radius 3 is 2.12 bits per heavy atom. The molecule has 25 heavy (non-hydrogen) atoms. The van der Waals surface area contributed by atoms with Crippen LogP contribution in [0.15, 0.2) is 41.5 Å². The van der Waals surface area contributed by atoms with Crippen LogP contribution in [-0.4, -0.2) is 28.0 Å². The highest BCUT2D eigenvalue weighted by Gasteiger charge is 2.73. The predicted octanol–water partition coefficient (Wildman–Crippen LogP) is 2.13. The van der Waals surface area contributed by atoms with Crippen molar-refractivity contribution < 1.29 is 14.5 Å². The van der Waals surface area contributed by atoms with Crippen molar-refractivity contribution in [1.82, 2.24) is 5.01 Å². The second kappa shape index (κ2) is 4.62. The van der Waals surface area contributed by atoms with Gasteiger partial charge in [0.1, 0.15) is 0 Å². The van der Waals surface area contributed by atoms with Gasteiger partial charge in [-0.25, -0.2) is 0 Å². The van der Waals surface area contributed by atoms with Crippen molar-refractivity contribution in [3.8, 4) is 0 Å². The fourth-order valence-corrected chi connectivity index (χ4v) is 4.98. The molecule has 1 heterocycles. The maximum Gasteiger partial charge on any atom is 0.269 e. The van der Waals surface area contributed by atoms with Gasteiger partial charge >= 0.3 is 0 Å². The molecule has 2 amide bonds. The number of hydrogen-bond acceptors (Lipinski definition) is 5. The highest BCUT2D eigenvalue weighted by molar-refractivity contribution is 6.07. The average molecular weight is 337 g/mol. The van der Waals surface area contributed by atoms with Gasteiger partial charge in [0.2, 0.25) is 0 Å². The van der Waals surface area contributed by atoms with Gasteiger partial charge in [-0.2, -0.15) is 10.1 Å². The maximum absolute atomic E-state index is 12.7. The fraction of sp³-hybridized carbons (Fsp3) is 0.389. The van der Waals surface area contributed by atoms with Gasteiger partial charge in [0.15, 0.2) is 0 Å². The number of allylic oxidation sites excluding steroid dienone is 2. The molecule has 0 aromatic heterocycles. The number of non-ortho nitro benzene ring substituents is 1. The Hall–Kier alpha value is -2.83. The summed E-state index contributed by atoms with van der Waals surface area (Å²) in [6.07, 6.45) is 7.85. The van der Waals surface area contributed by atoms with Gasteiger partial charge in [0.25, 0.3) is 17.5 Å². The third-order valence-corrected chi connectivity index (χ3v) is 6.26. The number of amides is 2. The number of imide groups is 1. The minimum atomic E-state index is -0.480. The molecule has 3 fully saturated rings. The maximum atomic E-state index is 12.7. The molecule has 1 aromatic rings. The van der Waals surface area contributed by atoms with Crippen molar-refractivity contribution in [2.24, 2.45) is 34.2 Å². The monoisotopic (exact) mass is 337 g/mol. The summed E-state index contributed by atoms with van der Waals surface area (Å²) in [4.78, 5) is 35.7. The summed E-state index contributed by atoms with van der Waals surface area (Å²) in [6, 6.07) is 5.81. The van der Waals surface area contributed by atoms with Gasteiger partial charge < -0.3 is 0 Å². The molecule has 5 rings (SSSR count). The number of hydrazone groups is 1. The van der Waals surface area contributed by atoms with E-state index >= 15 is 0 Å². The molecule has 0 radical (unpaired) electrons. The number of benzene rings is 1. The smallest absolute Gasteiger partial charge is 0.269 e. The number of fused-ring (bicyclic) bond motifs is 3. The molecule has 7 nitrogen and oxygen atoms in total. The van der Waals surface area contributed by atoms with Gasteiger partial charge in [-0.05, 0) is 47.8 Å². The van der Waals surface area contributed by atoms with Crippen LogP contribution in [-0.2, 0) is 9.59 Å². The molecule has 0 N–H and O–H groups in total. The lowest BCUT2D eigenvalue weighted by molar-refractivity contribution is -0.384. The summed E-state index contributed by atoms with van der Waals surface area (Å²) >= 11 is 0.